The Labute approximate surface area is 84.1 Å². The SMILES string of the molecule is NCC(F)(F)C(F)c1cccc(N=O)c1. The van der Waals surface area contributed by atoms with Crippen LogP contribution in [0, 0.1) is 4.91 Å². The number of benzene rings is 1. The molecule has 0 aromatic heterocycles. The van der Waals surface area contributed by atoms with Gasteiger partial charge in [0.15, 0.2) is 6.17 Å². The van der Waals surface area contributed by atoms with E-state index in [4.69, 9.17) is 5.73 Å². The first-order valence-corrected chi connectivity index (χ1v) is 4.16. The second-order valence-corrected chi connectivity index (χ2v) is 3.01. The fourth-order valence-corrected chi connectivity index (χ4v) is 1.09. The summed E-state index contributed by atoms with van der Waals surface area (Å²) >= 11 is 0. The maximum absolute atomic E-state index is 13.3. The molecule has 0 saturated heterocycles. The molecule has 3 nitrogen and oxygen atoms in total. The Balaban J connectivity index is 3.00. The number of nitrogens with two attached hydrogens (primary N) is 1. The molecule has 1 aromatic rings. The number of hydrogen-bond acceptors (Lipinski definition) is 3. The molecule has 0 radical (unpaired) electrons. The summed E-state index contributed by atoms with van der Waals surface area (Å²) in [6.45, 7) is -1.09. The van der Waals surface area contributed by atoms with Crippen molar-refractivity contribution < 1.29 is 13.2 Å². The normalized spacial score (nSPS) is 13.6. The molecule has 1 unspecified atom stereocenters. The van der Waals surface area contributed by atoms with Crippen LogP contribution >= 0.6 is 0 Å². The van der Waals surface area contributed by atoms with E-state index < -0.39 is 18.6 Å². The maximum Gasteiger partial charge on any atom is 0.294 e. The Hall–Kier alpha value is -1.43. The third-order valence-corrected chi connectivity index (χ3v) is 1.91. The highest BCUT2D eigenvalue weighted by molar-refractivity contribution is 5.41. The number of hydrogen-bond donors (Lipinski definition) is 1. The van der Waals surface area contributed by atoms with Crippen LogP contribution in [0.2, 0.25) is 0 Å². The first kappa shape index (κ1) is 11.6. The van der Waals surface area contributed by atoms with Crippen LogP contribution in [-0.4, -0.2) is 12.5 Å². The molecule has 0 amide bonds. The first-order valence-electron chi connectivity index (χ1n) is 4.16. The van der Waals surface area contributed by atoms with Crippen LogP contribution in [0.25, 0.3) is 0 Å². The zero-order valence-corrected chi connectivity index (χ0v) is 7.66. The average Bonchev–Trinajstić information content (AvgIpc) is 2.28. The van der Waals surface area contributed by atoms with E-state index in [0.29, 0.717) is 0 Å². The Kier molecular flexibility index (Phi) is 3.41. The molecule has 0 aliphatic rings. The van der Waals surface area contributed by atoms with Crippen LogP contribution in [0.1, 0.15) is 11.7 Å². The summed E-state index contributed by atoms with van der Waals surface area (Å²) in [7, 11) is 0. The van der Waals surface area contributed by atoms with Crippen molar-refractivity contribution in [3.8, 4) is 0 Å². The van der Waals surface area contributed by atoms with Gasteiger partial charge in [-0.3, -0.25) is 0 Å². The highest BCUT2D eigenvalue weighted by Crippen LogP contribution is 2.35. The zero-order valence-electron chi connectivity index (χ0n) is 7.66. The van der Waals surface area contributed by atoms with Gasteiger partial charge in [-0.25, -0.2) is 13.2 Å². The highest BCUT2D eigenvalue weighted by Gasteiger charge is 2.39. The van der Waals surface area contributed by atoms with Crippen LogP contribution < -0.4 is 5.73 Å². The standard InChI is InChI=1S/C9H9F3N2O/c10-8(9(11,12)5-13)6-2-1-3-7(4-6)14-15/h1-4,8H,5,13H2. The quantitative estimate of drug-likeness (QED) is 0.790. The van der Waals surface area contributed by atoms with Crippen molar-refractivity contribution in [1.29, 1.82) is 0 Å². The largest absolute Gasteiger partial charge is 0.325 e. The number of nitrogens with zero attached hydrogens (tertiary/aromatic N) is 1. The monoisotopic (exact) mass is 218 g/mol. The van der Waals surface area contributed by atoms with E-state index in [2.05, 4.69) is 5.18 Å². The fraction of sp³-hybridized carbons (Fsp3) is 0.333. The van der Waals surface area contributed by atoms with Gasteiger partial charge in [0.2, 0.25) is 0 Å². The van der Waals surface area contributed by atoms with E-state index in [0.717, 1.165) is 12.1 Å². The van der Waals surface area contributed by atoms with Crippen LogP contribution in [0.3, 0.4) is 0 Å². The lowest BCUT2D eigenvalue weighted by atomic mass is 10.0. The van der Waals surface area contributed by atoms with Crippen molar-refractivity contribution in [2.75, 3.05) is 6.54 Å². The smallest absolute Gasteiger partial charge is 0.294 e. The zero-order chi connectivity index (χ0) is 11.5. The third kappa shape index (κ3) is 2.53. The summed E-state index contributed by atoms with van der Waals surface area (Å²) < 4.78 is 39.0. The number of rotatable bonds is 4. The number of nitroso groups, excluding NO2 is 1. The summed E-state index contributed by atoms with van der Waals surface area (Å²) in [6, 6.07) is 4.71. The van der Waals surface area contributed by atoms with Crippen LogP contribution in [-0.2, 0) is 0 Å². The second-order valence-electron chi connectivity index (χ2n) is 3.01. The molecule has 2 N–H and O–H groups in total. The molecule has 6 heteroatoms. The Morgan fingerprint density at radius 3 is 2.67 bits per heavy atom. The molecular formula is C9H9F3N2O. The molecule has 0 aliphatic carbocycles. The third-order valence-electron chi connectivity index (χ3n) is 1.91. The van der Waals surface area contributed by atoms with Gasteiger partial charge in [-0.15, -0.1) is 4.91 Å². The first-order chi connectivity index (χ1) is 7.01. The predicted molar refractivity (Wildman–Crippen MR) is 49.7 cm³/mol. The van der Waals surface area contributed by atoms with Gasteiger partial charge in [0.05, 0.1) is 6.54 Å². The van der Waals surface area contributed by atoms with Gasteiger partial charge in [-0.2, -0.15) is 0 Å². The van der Waals surface area contributed by atoms with Gasteiger partial charge in [-0.05, 0) is 22.9 Å². The molecule has 0 saturated carbocycles. The minimum Gasteiger partial charge on any atom is -0.325 e. The summed E-state index contributed by atoms with van der Waals surface area (Å²) in [5.74, 6) is -3.64. The Morgan fingerprint density at radius 2 is 2.13 bits per heavy atom. The predicted octanol–water partition coefficient (Wildman–Crippen LogP) is 2.69. The van der Waals surface area contributed by atoms with E-state index in [1.54, 1.807) is 0 Å². The minimum absolute atomic E-state index is 0.0945. The Morgan fingerprint density at radius 1 is 1.47 bits per heavy atom. The fourth-order valence-electron chi connectivity index (χ4n) is 1.09. The molecule has 0 bridgehead atoms. The molecule has 1 aromatic carbocycles. The Bertz CT molecular complexity index is 357. The summed E-state index contributed by atoms with van der Waals surface area (Å²) in [5.41, 5.74) is 4.34. The van der Waals surface area contributed by atoms with Crippen molar-refractivity contribution in [1.82, 2.24) is 0 Å². The van der Waals surface area contributed by atoms with Crippen LogP contribution in [0.15, 0.2) is 29.4 Å². The van der Waals surface area contributed by atoms with Crippen LogP contribution in [0.5, 0.6) is 0 Å². The van der Waals surface area contributed by atoms with Crippen molar-refractivity contribution in [3.63, 3.8) is 0 Å². The maximum atomic E-state index is 13.3. The second kappa shape index (κ2) is 4.39. The van der Waals surface area contributed by atoms with Crippen molar-refractivity contribution in [2.24, 2.45) is 10.9 Å². The van der Waals surface area contributed by atoms with Crippen LogP contribution in [0.4, 0.5) is 18.9 Å². The topological polar surface area (TPSA) is 55.4 Å². The van der Waals surface area contributed by atoms with Crippen molar-refractivity contribution in [3.05, 3.63) is 34.7 Å². The lowest BCUT2D eigenvalue weighted by molar-refractivity contribution is -0.0651. The van der Waals surface area contributed by atoms with Crippen molar-refractivity contribution in [2.45, 2.75) is 12.1 Å². The molecule has 0 aliphatic heterocycles. The average molecular weight is 218 g/mol. The van der Waals surface area contributed by atoms with E-state index in [9.17, 15) is 18.1 Å². The molecule has 0 fully saturated rings. The van der Waals surface area contributed by atoms with Gasteiger partial charge in [0.25, 0.3) is 5.92 Å². The van der Waals surface area contributed by atoms with Crippen molar-refractivity contribution >= 4 is 5.69 Å². The molecule has 15 heavy (non-hydrogen) atoms. The van der Waals surface area contributed by atoms with E-state index in [1.165, 1.54) is 12.1 Å². The van der Waals surface area contributed by atoms with E-state index in [-0.39, 0.29) is 11.3 Å². The van der Waals surface area contributed by atoms with Gasteiger partial charge in [0.1, 0.15) is 5.69 Å². The van der Waals surface area contributed by atoms with Gasteiger partial charge < -0.3 is 5.73 Å². The molecule has 0 spiro atoms. The lowest BCUT2D eigenvalue weighted by Gasteiger charge is -2.18. The van der Waals surface area contributed by atoms with Gasteiger partial charge in [0, 0.05) is 0 Å². The minimum atomic E-state index is -3.64. The number of alkyl halides is 3. The van der Waals surface area contributed by atoms with E-state index >= 15 is 0 Å². The molecule has 0 heterocycles. The summed E-state index contributed by atoms with van der Waals surface area (Å²) in [6.07, 6.45) is -2.52. The summed E-state index contributed by atoms with van der Waals surface area (Å²) in [4.78, 5) is 10.1. The molecule has 1 rings (SSSR count). The highest BCUT2D eigenvalue weighted by atomic mass is 19.3. The molecule has 1 atom stereocenters. The van der Waals surface area contributed by atoms with Gasteiger partial charge in [-0.1, -0.05) is 12.1 Å². The molecular weight excluding hydrogens is 209 g/mol. The van der Waals surface area contributed by atoms with Gasteiger partial charge >= 0.3 is 0 Å². The lowest BCUT2D eigenvalue weighted by Crippen LogP contribution is -2.32. The molecule has 82 valence electrons. The summed E-state index contributed by atoms with van der Waals surface area (Å²) in [5, 5.41) is 2.53. The van der Waals surface area contributed by atoms with E-state index in [1.807, 2.05) is 0 Å². The number of halogens is 3.